The number of rotatable bonds is 4. The summed E-state index contributed by atoms with van der Waals surface area (Å²) in [5, 5.41) is 44.7. The topological polar surface area (TPSA) is 188 Å². The molecular formula is C8H6N8O5. The summed E-state index contributed by atoms with van der Waals surface area (Å²) in [5.41, 5.74) is 3.67. The third kappa shape index (κ3) is 2.70. The lowest BCUT2D eigenvalue weighted by Gasteiger charge is -2.00. The summed E-state index contributed by atoms with van der Waals surface area (Å²) in [7, 11) is 0. The molecule has 0 unspecified atom stereocenters. The Hall–Kier alpha value is -3.64. The van der Waals surface area contributed by atoms with Gasteiger partial charge in [-0.25, -0.2) is 0 Å². The molecule has 0 atom stereocenters. The lowest BCUT2D eigenvalue weighted by atomic mass is 10.1. The predicted molar refractivity (Wildman–Crippen MR) is 66.6 cm³/mol. The Morgan fingerprint density at radius 1 is 1.33 bits per heavy atom. The molecule has 0 radical (unpaired) electrons. The molecule has 1 aromatic carbocycles. The Labute approximate surface area is 114 Å². The van der Waals surface area contributed by atoms with E-state index in [0.717, 1.165) is 17.1 Å². The van der Waals surface area contributed by atoms with Gasteiger partial charge in [-0.1, -0.05) is 9.89 Å². The Balaban J connectivity index is 2.52. The number of benzene rings is 1. The van der Waals surface area contributed by atoms with E-state index in [1.807, 2.05) is 0 Å². The van der Waals surface area contributed by atoms with Gasteiger partial charge in [0.2, 0.25) is 5.75 Å². The Bertz CT molecular complexity index is 753. The second-order valence-corrected chi connectivity index (χ2v) is 3.59. The Morgan fingerprint density at radius 2 is 2.05 bits per heavy atom. The number of aromatic hydroxyl groups is 1. The third-order valence-electron chi connectivity index (χ3n) is 2.29. The van der Waals surface area contributed by atoms with Gasteiger partial charge in [0.05, 0.1) is 27.7 Å². The van der Waals surface area contributed by atoms with Gasteiger partial charge in [0, 0.05) is 6.07 Å². The molecule has 1 heterocycles. The number of hydrogen-bond donors (Lipinski definition) is 2. The molecule has 0 bridgehead atoms. The van der Waals surface area contributed by atoms with Gasteiger partial charge >= 0.3 is 5.69 Å². The highest BCUT2D eigenvalue weighted by Crippen LogP contribution is 2.33. The van der Waals surface area contributed by atoms with E-state index in [4.69, 9.17) is 5.73 Å². The fourth-order valence-corrected chi connectivity index (χ4v) is 1.36. The number of anilines is 1. The van der Waals surface area contributed by atoms with Crippen molar-refractivity contribution in [1.82, 2.24) is 20.3 Å². The molecule has 0 aliphatic heterocycles. The third-order valence-corrected chi connectivity index (χ3v) is 2.29. The van der Waals surface area contributed by atoms with E-state index in [1.165, 1.54) is 0 Å². The van der Waals surface area contributed by atoms with Crippen LogP contribution >= 0.6 is 0 Å². The molecule has 0 saturated carbocycles. The Kier molecular flexibility index (Phi) is 3.38. The van der Waals surface area contributed by atoms with Crippen LogP contribution in [0.5, 0.6) is 5.75 Å². The number of non-ortho nitro benzene ring substituents is 1. The fourth-order valence-electron chi connectivity index (χ4n) is 1.36. The minimum atomic E-state index is -0.953. The van der Waals surface area contributed by atoms with Gasteiger partial charge < -0.3 is 10.8 Å². The molecule has 21 heavy (non-hydrogen) atoms. The lowest BCUT2D eigenvalue weighted by Crippen LogP contribution is -2.01. The van der Waals surface area contributed by atoms with Gasteiger partial charge in [0.25, 0.3) is 11.6 Å². The van der Waals surface area contributed by atoms with Crippen molar-refractivity contribution in [1.29, 1.82) is 0 Å². The first-order valence-corrected chi connectivity index (χ1v) is 5.14. The van der Waals surface area contributed by atoms with Crippen LogP contribution in [0.15, 0.2) is 17.2 Å². The molecule has 0 spiro atoms. The van der Waals surface area contributed by atoms with Crippen molar-refractivity contribution in [2.24, 2.45) is 5.10 Å². The van der Waals surface area contributed by atoms with Crippen LogP contribution in [0.3, 0.4) is 0 Å². The van der Waals surface area contributed by atoms with Gasteiger partial charge in [-0.05, 0) is 10.4 Å². The average Bonchev–Trinajstić information content (AvgIpc) is 2.82. The van der Waals surface area contributed by atoms with Gasteiger partial charge in [-0.3, -0.25) is 20.2 Å². The quantitative estimate of drug-likeness (QED) is 0.431. The molecule has 3 N–H and O–H groups in total. The van der Waals surface area contributed by atoms with Crippen LogP contribution in [0.25, 0.3) is 0 Å². The number of nitro benzene ring substituents is 2. The van der Waals surface area contributed by atoms with Gasteiger partial charge in [-0.2, -0.15) is 5.10 Å². The number of hydrogen-bond acceptors (Lipinski definition) is 10. The molecule has 108 valence electrons. The molecule has 0 fully saturated rings. The van der Waals surface area contributed by atoms with Gasteiger partial charge in [0.15, 0.2) is 0 Å². The first-order chi connectivity index (χ1) is 9.90. The zero-order chi connectivity index (χ0) is 15.6. The summed E-state index contributed by atoms with van der Waals surface area (Å²) in [4.78, 5) is 20.5. The maximum absolute atomic E-state index is 10.8. The molecule has 2 aromatic rings. The van der Waals surface area contributed by atoms with Gasteiger partial charge in [-0.15, -0.1) is 0 Å². The molecule has 1 aromatic heterocycles. The van der Waals surface area contributed by atoms with Crippen LogP contribution in [-0.4, -0.2) is 41.5 Å². The summed E-state index contributed by atoms with van der Waals surface area (Å²) in [5.74, 6) is -0.952. The smallest absolute Gasteiger partial charge is 0.318 e. The summed E-state index contributed by atoms with van der Waals surface area (Å²) in [6, 6.07) is 1.55. The number of phenolic OH excluding ortho intramolecular Hbond substituents is 1. The highest BCUT2D eigenvalue weighted by atomic mass is 16.6. The van der Waals surface area contributed by atoms with E-state index in [1.54, 1.807) is 0 Å². The highest BCUT2D eigenvalue weighted by Gasteiger charge is 2.23. The highest BCUT2D eigenvalue weighted by molar-refractivity contribution is 5.87. The molecule has 13 nitrogen and oxygen atoms in total. The Morgan fingerprint density at radius 3 is 2.57 bits per heavy atom. The minimum Gasteiger partial charge on any atom is -0.502 e. The van der Waals surface area contributed by atoms with Crippen LogP contribution in [0.1, 0.15) is 5.56 Å². The zero-order valence-corrected chi connectivity index (χ0v) is 10.0. The lowest BCUT2D eigenvalue weighted by molar-refractivity contribution is -0.394. The summed E-state index contributed by atoms with van der Waals surface area (Å²) >= 11 is 0. The molecular weight excluding hydrogens is 288 g/mol. The number of tetrazole rings is 1. The molecule has 2 rings (SSSR count). The van der Waals surface area contributed by atoms with Crippen LogP contribution < -0.4 is 5.73 Å². The second-order valence-electron chi connectivity index (χ2n) is 3.59. The SMILES string of the molecule is Nc1nnnn1/N=C\c1cc([N+](=O)[O-])cc([N+](=O)[O-])c1O. The largest absolute Gasteiger partial charge is 0.502 e. The summed E-state index contributed by atoms with van der Waals surface area (Å²) in [6.07, 6.45) is 0.905. The van der Waals surface area contributed by atoms with Crippen molar-refractivity contribution in [2.45, 2.75) is 0 Å². The number of nitrogen functional groups attached to an aromatic ring is 1. The van der Waals surface area contributed by atoms with E-state index in [2.05, 4.69) is 20.6 Å². The monoisotopic (exact) mass is 294 g/mol. The first-order valence-electron chi connectivity index (χ1n) is 5.14. The number of nitro groups is 2. The number of nitrogens with zero attached hydrogens (tertiary/aromatic N) is 7. The van der Waals surface area contributed by atoms with Crippen molar-refractivity contribution in [3.63, 3.8) is 0 Å². The normalized spacial score (nSPS) is 10.9. The van der Waals surface area contributed by atoms with Crippen molar-refractivity contribution < 1.29 is 15.0 Å². The van der Waals surface area contributed by atoms with Crippen molar-refractivity contribution in [3.05, 3.63) is 37.9 Å². The number of aromatic nitrogens is 4. The van der Waals surface area contributed by atoms with E-state index in [-0.39, 0.29) is 11.5 Å². The summed E-state index contributed by atoms with van der Waals surface area (Å²) in [6.45, 7) is 0. The van der Waals surface area contributed by atoms with E-state index in [0.29, 0.717) is 6.07 Å². The average molecular weight is 294 g/mol. The summed E-state index contributed by atoms with van der Waals surface area (Å²) < 4.78 is 0. The molecule has 0 aliphatic rings. The van der Waals surface area contributed by atoms with Gasteiger partial charge in [0.1, 0.15) is 0 Å². The molecule has 0 saturated heterocycles. The van der Waals surface area contributed by atoms with Crippen molar-refractivity contribution in [2.75, 3.05) is 5.73 Å². The van der Waals surface area contributed by atoms with E-state index >= 15 is 0 Å². The molecule has 13 heteroatoms. The van der Waals surface area contributed by atoms with Crippen LogP contribution in [0, 0.1) is 20.2 Å². The standard InChI is InChI=1S/C8H6N8O5/c9-8-11-12-13-14(8)10-3-4-1-5(15(18)19)2-6(7(4)17)16(20)21/h1-3,17H,(H2,9,11,13)/b10-3-. The predicted octanol–water partition coefficient (Wildman–Crippen LogP) is -0.341. The van der Waals surface area contributed by atoms with E-state index < -0.39 is 27.0 Å². The zero-order valence-electron chi connectivity index (χ0n) is 10.0. The molecule has 0 aliphatic carbocycles. The molecule has 0 amide bonds. The van der Waals surface area contributed by atoms with E-state index in [9.17, 15) is 25.3 Å². The van der Waals surface area contributed by atoms with Crippen LogP contribution in [0.4, 0.5) is 17.3 Å². The van der Waals surface area contributed by atoms with Crippen LogP contribution in [0.2, 0.25) is 0 Å². The maximum atomic E-state index is 10.8. The number of nitrogens with two attached hydrogens (primary N) is 1. The number of phenols is 1. The van der Waals surface area contributed by atoms with Crippen molar-refractivity contribution >= 4 is 23.5 Å². The minimum absolute atomic E-state index is 0.175. The van der Waals surface area contributed by atoms with Crippen LogP contribution in [-0.2, 0) is 0 Å². The first kappa shape index (κ1) is 13.8. The maximum Gasteiger partial charge on any atom is 0.318 e. The fraction of sp³-hybridized carbons (Fsp3) is 0. The second kappa shape index (κ2) is 5.16. The van der Waals surface area contributed by atoms with Crippen molar-refractivity contribution in [3.8, 4) is 5.75 Å².